The number of aromatic nitrogens is 3. The summed E-state index contributed by atoms with van der Waals surface area (Å²) in [5.74, 6) is -0.328. The number of hydrogen-bond donors (Lipinski definition) is 7. The van der Waals surface area contributed by atoms with Crippen LogP contribution in [-0.2, 0) is 31.6 Å². The van der Waals surface area contributed by atoms with Crippen LogP contribution in [0.2, 0.25) is 0 Å². The number of alkyl halides is 1. The Morgan fingerprint density at radius 2 is 1.88 bits per heavy atom. The van der Waals surface area contributed by atoms with E-state index in [-0.39, 0.29) is 5.82 Å². The highest BCUT2D eigenvalue weighted by Gasteiger charge is 2.59. The van der Waals surface area contributed by atoms with Gasteiger partial charge in [-0.3, -0.25) is 4.52 Å². The fourth-order valence-electron chi connectivity index (χ4n) is 2.64. The summed E-state index contributed by atoms with van der Waals surface area (Å²) >= 11 is 0. The quantitative estimate of drug-likeness (QED) is 0.168. The van der Waals surface area contributed by atoms with Crippen LogP contribution in [0.1, 0.15) is 13.2 Å². The molecule has 0 spiro atoms. The molecule has 1 aliphatic rings. The first kappa shape index (κ1) is 27.1. The number of aliphatic hydroxyl groups excluding tert-OH is 1. The van der Waals surface area contributed by atoms with Crippen molar-refractivity contribution in [1.29, 1.82) is 0 Å². The van der Waals surface area contributed by atoms with Gasteiger partial charge in [-0.1, -0.05) is 0 Å². The molecule has 1 aromatic heterocycles. The lowest BCUT2D eigenvalue weighted by atomic mass is 9.94. The number of phosphoric ester groups is 1. The Bertz CT molecular complexity index is 1050. The Kier molecular flexibility index (Phi) is 7.81. The van der Waals surface area contributed by atoms with Gasteiger partial charge in [0.05, 0.1) is 12.3 Å². The van der Waals surface area contributed by atoms with E-state index >= 15 is 0 Å². The SMILES string of the molecule is C[C@H](OP(=O)(O)OP(=O)(O)OP(=O)(O)O)[C@H]1O[C@@H](n2ncc(N)nc2=O)[C@@](O)(CF)C1O. The number of halogens is 1. The number of hydrogen-bond acceptors (Lipinski definition) is 13. The van der Waals surface area contributed by atoms with E-state index in [4.69, 9.17) is 25.2 Å². The standard InChI is InChI=1S/C10H18FN4O14P3/c1-4(27-31(22,23)29-32(24,25)28-30(19,20)21)6-7(16)10(18,3-11)8(26-6)15-9(17)14-5(12)2-13-15/h2,4,6-8,16,18H,3H2,1H3,(H,22,23)(H,24,25)(H2,12,14,17)(H2,19,20,21)/t4-,6+,7?,8+,10+/m0/s1. The highest BCUT2D eigenvalue weighted by Crippen LogP contribution is 2.66. The van der Waals surface area contributed by atoms with Crippen LogP contribution in [-0.4, -0.2) is 75.1 Å². The van der Waals surface area contributed by atoms with Crippen molar-refractivity contribution in [2.75, 3.05) is 12.4 Å². The fourth-order valence-corrected chi connectivity index (χ4v) is 5.84. The molecule has 2 rings (SSSR count). The first-order valence-electron chi connectivity index (χ1n) is 8.06. The first-order chi connectivity index (χ1) is 14.4. The number of nitrogens with zero attached hydrogens (tertiary/aromatic N) is 3. The predicted octanol–water partition coefficient (Wildman–Crippen LogP) is -2.09. The highest BCUT2D eigenvalue weighted by atomic mass is 31.3. The zero-order valence-electron chi connectivity index (χ0n) is 15.7. The molecule has 1 aromatic rings. The van der Waals surface area contributed by atoms with Crippen LogP contribution >= 0.6 is 23.5 Å². The summed E-state index contributed by atoms with van der Waals surface area (Å²) in [5.41, 5.74) is 1.23. The van der Waals surface area contributed by atoms with E-state index in [0.717, 1.165) is 13.1 Å². The van der Waals surface area contributed by atoms with Crippen molar-refractivity contribution >= 4 is 29.3 Å². The number of aliphatic hydroxyl groups is 2. The summed E-state index contributed by atoms with van der Waals surface area (Å²) in [6.45, 7) is -0.805. The zero-order chi connectivity index (χ0) is 24.7. The van der Waals surface area contributed by atoms with Gasteiger partial charge >= 0.3 is 29.2 Å². The number of nitrogens with two attached hydrogens (primary N) is 1. The molecule has 18 nitrogen and oxygen atoms in total. The minimum atomic E-state index is -5.83. The molecule has 1 fully saturated rings. The van der Waals surface area contributed by atoms with Gasteiger partial charge in [0.15, 0.2) is 11.8 Å². The average molecular weight is 530 g/mol. The molecular formula is C10H18FN4O14P3. The monoisotopic (exact) mass is 530 g/mol. The van der Waals surface area contributed by atoms with Crippen LogP contribution in [0.15, 0.2) is 11.0 Å². The maximum atomic E-state index is 13.6. The second-order valence-electron chi connectivity index (χ2n) is 6.33. The molecule has 2 heterocycles. The van der Waals surface area contributed by atoms with E-state index in [1.807, 2.05) is 0 Å². The van der Waals surface area contributed by atoms with Gasteiger partial charge in [0.2, 0.25) is 0 Å². The second-order valence-corrected chi connectivity index (χ2v) is 10.7. The fraction of sp³-hybridized carbons (Fsp3) is 0.700. The van der Waals surface area contributed by atoms with Crippen LogP contribution in [0.25, 0.3) is 0 Å². The summed E-state index contributed by atoms with van der Waals surface area (Å²) in [7, 11) is -17.1. The van der Waals surface area contributed by atoms with Crippen molar-refractivity contribution in [3.05, 3.63) is 16.7 Å². The number of nitrogen functional groups attached to an aromatic ring is 1. The number of rotatable bonds is 9. The molecule has 32 heavy (non-hydrogen) atoms. The Morgan fingerprint density at radius 1 is 1.28 bits per heavy atom. The van der Waals surface area contributed by atoms with E-state index in [0.29, 0.717) is 4.68 Å². The molecule has 22 heteroatoms. The van der Waals surface area contributed by atoms with Crippen molar-refractivity contribution in [1.82, 2.24) is 14.8 Å². The third kappa shape index (κ3) is 6.24. The molecule has 0 aromatic carbocycles. The highest BCUT2D eigenvalue weighted by molar-refractivity contribution is 7.66. The van der Waals surface area contributed by atoms with E-state index in [9.17, 15) is 38.0 Å². The van der Waals surface area contributed by atoms with Gasteiger partial charge in [-0.05, 0) is 6.92 Å². The Morgan fingerprint density at radius 3 is 2.38 bits per heavy atom. The summed E-state index contributed by atoms with van der Waals surface area (Å²) in [6.07, 6.45) is -7.13. The van der Waals surface area contributed by atoms with Gasteiger partial charge in [-0.25, -0.2) is 22.9 Å². The van der Waals surface area contributed by atoms with Crippen LogP contribution in [0.3, 0.4) is 0 Å². The Balaban J connectivity index is 2.25. The predicted molar refractivity (Wildman–Crippen MR) is 96.0 cm³/mol. The number of anilines is 1. The zero-order valence-corrected chi connectivity index (χ0v) is 18.4. The Hall–Kier alpha value is -1.17. The lowest BCUT2D eigenvalue weighted by Crippen LogP contribution is -2.51. The molecule has 1 saturated heterocycles. The second kappa shape index (κ2) is 9.23. The van der Waals surface area contributed by atoms with Crippen LogP contribution in [0.4, 0.5) is 10.2 Å². The third-order valence-corrected chi connectivity index (χ3v) is 7.81. The van der Waals surface area contributed by atoms with Gasteiger partial charge in [-0.15, -0.1) is 0 Å². The number of phosphoric acid groups is 3. The summed E-state index contributed by atoms with van der Waals surface area (Å²) in [4.78, 5) is 51.0. The van der Waals surface area contributed by atoms with E-state index < -0.39 is 66.0 Å². The molecule has 0 saturated carbocycles. The van der Waals surface area contributed by atoms with Crippen molar-refractivity contribution in [3.8, 4) is 0 Å². The molecule has 184 valence electrons. The summed E-state index contributed by atoms with van der Waals surface area (Å²) in [6, 6.07) is 0. The van der Waals surface area contributed by atoms with E-state index in [2.05, 4.69) is 23.2 Å². The molecule has 0 radical (unpaired) electrons. The average Bonchev–Trinajstić information content (AvgIpc) is 2.84. The van der Waals surface area contributed by atoms with E-state index in [1.165, 1.54) is 0 Å². The van der Waals surface area contributed by atoms with Gasteiger partial charge in [0.1, 0.15) is 24.7 Å². The van der Waals surface area contributed by atoms with Gasteiger partial charge in [0.25, 0.3) is 0 Å². The van der Waals surface area contributed by atoms with Gasteiger partial charge in [-0.2, -0.15) is 23.4 Å². The molecule has 3 unspecified atom stereocenters. The number of ether oxygens (including phenoxy) is 1. The van der Waals surface area contributed by atoms with Crippen molar-refractivity contribution in [3.63, 3.8) is 0 Å². The normalized spacial score (nSPS) is 31.1. The molecule has 0 bridgehead atoms. The van der Waals surface area contributed by atoms with Crippen LogP contribution < -0.4 is 11.4 Å². The minimum absolute atomic E-state index is 0.328. The first-order valence-corrected chi connectivity index (χ1v) is 12.6. The van der Waals surface area contributed by atoms with Gasteiger partial charge < -0.3 is 40.3 Å². The molecular weight excluding hydrogens is 512 g/mol. The summed E-state index contributed by atoms with van der Waals surface area (Å²) in [5, 5.41) is 24.3. The largest absolute Gasteiger partial charge is 0.490 e. The van der Waals surface area contributed by atoms with Crippen molar-refractivity contribution in [2.24, 2.45) is 0 Å². The molecule has 1 aliphatic heterocycles. The van der Waals surface area contributed by atoms with Crippen LogP contribution in [0.5, 0.6) is 0 Å². The molecule has 0 amide bonds. The van der Waals surface area contributed by atoms with Gasteiger partial charge in [0, 0.05) is 0 Å². The van der Waals surface area contributed by atoms with Crippen LogP contribution in [0, 0.1) is 0 Å². The lowest BCUT2D eigenvalue weighted by Gasteiger charge is -2.28. The maximum Gasteiger partial charge on any atom is 0.490 e. The smallest absolute Gasteiger partial charge is 0.387 e. The van der Waals surface area contributed by atoms with Crippen molar-refractivity contribution in [2.45, 2.75) is 37.1 Å². The Labute approximate surface area is 176 Å². The molecule has 8 N–H and O–H groups in total. The molecule has 0 aliphatic carbocycles. The van der Waals surface area contributed by atoms with E-state index in [1.54, 1.807) is 0 Å². The van der Waals surface area contributed by atoms with Crippen molar-refractivity contribution < 1.29 is 65.8 Å². The topological polar surface area (TPSA) is 283 Å². The maximum absolute atomic E-state index is 13.6. The minimum Gasteiger partial charge on any atom is -0.387 e. The lowest BCUT2D eigenvalue weighted by molar-refractivity contribution is -0.127. The molecule has 7 atom stereocenters. The third-order valence-electron chi connectivity index (χ3n) is 3.89. The summed E-state index contributed by atoms with van der Waals surface area (Å²) < 4.78 is 64.7.